The zero-order chi connectivity index (χ0) is 15.4. The molecular formula is C12H14BrClFO4P. The maximum absolute atomic E-state index is 14.6. The van der Waals surface area contributed by atoms with Gasteiger partial charge in [0, 0.05) is 10.0 Å². The van der Waals surface area contributed by atoms with Crippen LogP contribution in [0.3, 0.4) is 0 Å². The van der Waals surface area contributed by atoms with Crippen LogP contribution in [0.2, 0.25) is 0 Å². The van der Waals surface area contributed by atoms with Gasteiger partial charge < -0.3 is 9.05 Å². The summed E-state index contributed by atoms with van der Waals surface area (Å²) in [5.74, 6) is -1.16. The number of hydrogen-bond acceptors (Lipinski definition) is 4. The van der Waals surface area contributed by atoms with Gasteiger partial charge in [-0.1, -0.05) is 39.7 Å². The molecule has 0 saturated heterocycles. The first-order valence-electron chi connectivity index (χ1n) is 5.86. The normalized spacial score (nSPS) is 14.8. The minimum Gasteiger partial charge on any atom is -0.305 e. The van der Waals surface area contributed by atoms with E-state index >= 15 is 0 Å². The molecule has 0 aliphatic heterocycles. The molecule has 0 aliphatic rings. The second-order valence-electron chi connectivity index (χ2n) is 3.71. The molecule has 4 nitrogen and oxygen atoms in total. The van der Waals surface area contributed by atoms with Gasteiger partial charge in [-0.05, 0) is 26.0 Å². The summed E-state index contributed by atoms with van der Waals surface area (Å²) in [6.07, 6.45) is 0. The third-order valence-corrected chi connectivity index (χ3v) is 5.73. The number of halogens is 3. The van der Waals surface area contributed by atoms with Crippen LogP contribution in [0.15, 0.2) is 28.7 Å². The highest BCUT2D eigenvalue weighted by Gasteiger charge is 2.57. The monoisotopic (exact) mass is 386 g/mol. The van der Waals surface area contributed by atoms with Crippen molar-refractivity contribution in [3.8, 4) is 0 Å². The van der Waals surface area contributed by atoms with Crippen LogP contribution in [0.5, 0.6) is 0 Å². The van der Waals surface area contributed by atoms with Crippen LogP contribution >= 0.6 is 35.1 Å². The minimum absolute atomic E-state index is 0.0228. The van der Waals surface area contributed by atoms with Gasteiger partial charge in [0.1, 0.15) is 0 Å². The lowest BCUT2D eigenvalue weighted by molar-refractivity contribution is 0.0854. The summed E-state index contributed by atoms with van der Waals surface area (Å²) >= 11 is 8.78. The molecule has 1 atom stereocenters. The summed E-state index contributed by atoms with van der Waals surface area (Å²) in [5.41, 5.74) is -0.0228. The number of carbonyl (C=O) groups is 1. The molecule has 112 valence electrons. The average molecular weight is 388 g/mol. The van der Waals surface area contributed by atoms with Crippen molar-refractivity contribution < 1.29 is 22.8 Å². The van der Waals surface area contributed by atoms with E-state index in [1.807, 2.05) is 0 Å². The van der Waals surface area contributed by atoms with E-state index in [4.69, 9.17) is 20.6 Å². The lowest BCUT2D eigenvalue weighted by Crippen LogP contribution is -2.29. The van der Waals surface area contributed by atoms with Gasteiger partial charge in [0.15, 0.2) is 0 Å². The quantitative estimate of drug-likeness (QED) is 0.384. The number of benzene rings is 1. The Balaban J connectivity index is 3.15. The fourth-order valence-corrected chi connectivity index (χ4v) is 3.56. The molecule has 1 aromatic carbocycles. The Bertz CT molecular complexity index is 511. The smallest absolute Gasteiger partial charge is 0.305 e. The van der Waals surface area contributed by atoms with Crippen LogP contribution in [-0.2, 0) is 13.6 Å². The second-order valence-corrected chi connectivity index (χ2v) is 7.54. The second kappa shape index (κ2) is 7.14. The van der Waals surface area contributed by atoms with Crippen LogP contribution in [-0.4, -0.2) is 23.9 Å². The number of Topliss-reactive ketones (excluding diaryl/α,β-unsaturated/α-hetero) is 1. The number of carbonyl (C=O) groups excluding carboxylic acids is 1. The Morgan fingerprint density at radius 1 is 1.30 bits per heavy atom. The Labute approximate surface area is 130 Å². The lowest BCUT2D eigenvalue weighted by atomic mass is 10.1. The molecule has 0 amide bonds. The Hall–Kier alpha value is -0.260. The molecule has 0 radical (unpaired) electrons. The van der Waals surface area contributed by atoms with Gasteiger partial charge in [0.05, 0.1) is 13.2 Å². The summed E-state index contributed by atoms with van der Waals surface area (Å²) in [5, 5.41) is 0. The molecule has 0 spiro atoms. The molecule has 1 aromatic rings. The highest BCUT2D eigenvalue weighted by Crippen LogP contribution is 2.64. The molecule has 0 saturated carbocycles. The highest BCUT2D eigenvalue weighted by molar-refractivity contribution is 9.10. The average Bonchev–Trinajstić information content (AvgIpc) is 2.39. The van der Waals surface area contributed by atoms with Gasteiger partial charge in [-0.15, -0.1) is 0 Å². The topological polar surface area (TPSA) is 52.6 Å². The van der Waals surface area contributed by atoms with E-state index < -0.39 is 18.2 Å². The van der Waals surface area contributed by atoms with Crippen molar-refractivity contribution in [1.82, 2.24) is 0 Å². The molecule has 1 rings (SSSR count). The van der Waals surface area contributed by atoms with Crippen molar-refractivity contribution in [3.05, 3.63) is 34.3 Å². The molecule has 0 fully saturated rings. The van der Waals surface area contributed by atoms with Crippen molar-refractivity contribution in [3.63, 3.8) is 0 Å². The maximum Gasteiger partial charge on any atom is 0.391 e. The predicted octanol–water partition coefficient (Wildman–Crippen LogP) is 4.76. The molecule has 8 heteroatoms. The first-order chi connectivity index (χ1) is 9.28. The summed E-state index contributed by atoms with van der Waals surface area (Å²) in [4.78, 5) is 8.86. The van der Waals surface area contributed by atoms with Crippen molar-refractivity contribution in [2.75, 3.05) is 13.2 Å². The SMILES string of the molecule is CCOP(=O)(OCC)[C@](F)(Cl)C(=O)c1ccc(Br)cc1. The first kappa shape index (κ1) is 17.8. The van der Waals surface area contributed by atoms with E-state index in [2.05, 4.69) is 15.9 Å². The van der Waals surface area contributed by atoms with Crippen molar-refractivity contribution in [1.29, 1.82) is 0 Å². The Morgan fingerprint density at radius 3 is 2.15 bits per heavy atom. The molecule has 0 unspecified atom stereocenters. The number of hydrogen-bond donors (Lipinski definition) is 0. The Morgan fingerprint density at radius 2 is 1.75 bits per heavy atom. The third-order valence-electron chi connectivity index (χ3n) is 2.32. The van der Waals surface area contributed by atoms with Gasteiger partial charge in [0.25, 0.3) is 0 Å². The van der Waals surface area contributed by atoms with E-state index in [0.717, 1.165) is 0 Å². The van der Waals surface area contributed by atoms with Gasteiger partial charge in [-0.25, -0.2) is 4.39 Å². The summed E-state index contributed by atoms with van der Waals surface area (Å²) < 4.78 is 37.2. The molecule has 0 aromatic heterocycles. The molecule has 20 heavy (non-hydrogen) atoms. The maximum atomic E-state index is 14.6. The van der Waals surface area contributed by atoms with E-state index in [1.54, 1.807) is 12.1 Å². The molecule has 0 N–H and O–H groups in total. The van der Waals surface area contributed by atoms with Crippen LogP contribution in [0.4, 0.5) is 4.39 Å². The van der Waals surface area contributed by atoms with Gasteiger partial charge in [-0.3, -0.25) is 9.36 Å². The predicted molar refractivity (Wildman–Crippen MR) is 79.0 cm³/mol. The fraction of sp³-hybridized carbons (Fsp3) is 0.417. The van der Waals surface area contributed by atoms with Gasteiger partial charge >= 0.3 is 12.5 Å². The minimum atomic E-state index is -4.42. The Kier molecular flexibility index (Phi) is 6.35. The number of alkyl halides is 2. The van der Waals surface area contributed by atoms with Crippen LogP contribution in [0.25, 0.3) is 0 Å². The largest absolute Gasteiger partial charge is 0.391 e. The van der Waals surface area contributed by atoms with E-state index in [9.17, 15) is 13.8 Å². The number of ketones is 1. The number of rotatable bonds is 7. The molecule has 0 bridgehead atoms. The standard InChI is InChI=1S/C12H14BrClFO4P/c1-3-18-20(17,19-4-2)12(14,15)11(16)9-5-7-10(13)8-6-9/h5-8H,3-4H2,1-2H3/t12-/m0/s1. The van der Waals surface area contributed by atoms with Gasteiger partial charge in [0.2, 0.25) is 5.78 Å². The molecule has 0 aliphatic carbocycles. The van der Waals surface area contributed by atoms with Crippen LogP contribution < -0.4 is 0 Å². The van der Waals surface area contributed by atoms with Crippen LogP contribution in [0, 0.1) is 0 Å². The summed E-state index contributed by atoms with van der Waals surface area (Å²) in [7, 11) is -4.42. The van der Waals surface area contributed by atoms with E-state index in [-0.39, 0.29) is 18.8 Å². The summed E-state index contributed by atoms with van der Waals surface area (Å²) in [6.45, 7) is 2.82. The fourth-order valence-electron chi connectivity index (χ4n) is 1.44. The summed E-state index contributed by atoms with van der Waals surface area (Å²) in [6, 6.07) is 5.83. The van der Waals surface area contributed by atoms with Crippen molar-refractivity contribution in [2.24, 2.45) is 0 Å². The third kappa shape index (κ3) is 3.68. The van der Waals surface area contributed by atoms with E-state index in [1.165, 1.54) is 26.0 Å². The van der Waals surface area contributed by atoms with Crippen molar-refractivity contribution in [2.45, 2.75) is 18.7 Å². The van der Waals surface area contributed by atoms with Gasteiger partial charge in [-0.2, -0.15) is 0 Å². The zero-order valence-corrected chi connectivity index (χ0v) is 14.2. The molecular weight excluding hydrogens is 373 g/mol. The first-order valence-corrected chi connectivity index (χ1v) is 8.57. The van der Waals surface area contributed by atoms with E-state index in [0.29, 0.717) is 4.47 Å². The zero-order valence-electron chi connectivity index (χ0n) is 10.9. The lowest BCUT2D eigenvalue weighted by Gasteiger charge is -2.25. The van der Waals surface area contributed by atoms with Crippen molar-refractivity contribution >= 4 is 40.9 Å². The highest BCUT2D eigenvalue weighted by atomic mass is 79.9. The van der Waals surface area contributed by atoms with Crippen LogP contribution in [0.1, 0.15) is 24.2 Å². The molecule has 0 heterocycles.